The van der Waals surface area contributed by atoms with E-state index in [1.165, 1.54) is 0 Å². The molecule has 2 heteroatoms. The van der Waals surface area contributed by atoms with Crippen LogP contribution < -0.4 is 0 Å². The molecule has 0 aliphatic carbocycles. The van der Waals surface area contributed by atoms with E-state index < -0.39 is 0 Å². The monoisotopic (exact) mass is 142 g/mol. The molecule has 1 rings (SSSR count). The third kappa shape index (κ3) is 2.50. The lowest BCUT2D eigenvalue weighted by molar-refractivity contribution is 0.101. The van der Waals surface area contributed by atoms with Crippen molar-refractivity contribution in [2.75, 3.05) is 19.8 Å². The number of rotatable bonds is 4. The molecule has 0 spiro atoms. The molecule has 0 aromatic rings. The molecule has 10 heavy (non-hydrogen) atoms. The molecule has 2 nitrogen and oxygen atoms in total. The highest BCUT2D eigenvalue weighted by Crippen LogP contribution is 2.25. The molecule has 1 saturated heterocycles. The Bertz CT molecular complexity index is 136. The molecule has 1 fully saturated rings. The molecule has 1 aliphatic rings. The second kappa shape index (κ2) is 2.72. The Labute approximate surface area is 61.8 Å². The third-order valence-corrected chi connectivity index (χ3v) is 1.39. The van der Waals surface area contributed by atoms with Crippen LogP contribution in [0.3, 0.4) is 0 Å². The SMILES string of the molecule is C=C(C)COC[C@@]1(C)CO1. The highest BCUT2D eigenvalue weighted by Gasteiger charge is 2.39. The molecule has 1 aliphatic heterocycles. The lowest BCUT2D eigenvalue weighted by atomic mass is 10.2. The van der Waals surface area contributed by atoms with Crippen molar-refractivity contribution in [1.29, 1.82) is 0 Å². The van der Waals surface area contributed by atoms with Crippen LogP contribution in [0.15, 0.2) is 12.2 Å². The topological polar surface area (TPSA) is 21.8 Å². The second-order valence-corrected chi connectivity index (χ2v) is 3.19. The quantitative estimate of drug-likeness (QED) is 0.437. The third-order valence-electron chi connectivity index (χ3n) is 1.39. The lowest BCUT2D eigenvalue weighted by Gasteiger charge is -2.05. The fourth-order valence-corrected chi connectivity index (χ4v) is 0.648. The summed E-state index contributed by atoms with van der Waals surface area (Å²) in [6, 6.07) is 0. The van der Waals surface area contributed by atoms with E-state index in [0.29, 0.717) is 13.2 Å². The van der Waals surface area contributed by atoms with Crippen molar-refractivity contribution in [2.24, 2.45) is 0 Å². The lowest BCUT2D eigenvalue weighted by Crippen LogP contribution is -2.15. The fourth-order valence-electron chi connectivity index (χ4n) is 0.648. The van der Waals surface area contributed by atoms with E-state index in [1.54, 1.807) is 0 Å². The summed E-state index contributed by atoms with van der Waals surface area (Å²) < 4.78 is 10.4. The van der Waals surface area contributed by atoms with E-state index in [1.807, 2.05) is 13.8 Å². The van der Waals surface area contributed by atoms with Crippen LogP contribution in [0.4, 0.5) is 0 Å². The number of epoxide rings is 1. The molecule has 0 bridgehead atoms. The van der Waals surface area contributed by atoms with Crippen LogP contribution in [-0.4, -0.2) is 25.4 Å². The zero-order chi connectivity index (χ0) is 7.61. The molecule has 0 N–H and O–H groups in total. The van der Waals surface area contributed by atoms with Gasteiger partial charge in [0.15, 0.2) is 0 Å². The van der Waals surface area contributed by atoms with Gasteiger partial charge in [0.05, 0.1) is 19.8 Å². The van der Waals surface area contributed by atoms with Gasteiger partial charge in [0.1, 0.15) is 5.60 Å². The van der Waals surface area contributed by atoms with Gasteiger partial charge in [-0.05, 0) is 13.8 Å². The van der Waals surface area contributed by atoms with E-state index in [2.05, 4.69) is 6.58 Å². The smallest absolute Gasteiger partial charge is 0.112 e. The summed E-state index contributed by atoms with van der Waals surface area (Å²) in [4.78, 5) is 0. The van der Waals surface area contributed by atoms with Gasteiger partial charge in [-0.25, -0.2) is 0 Å². The van der Waals surface area contributed by atoms with E-state index in [-0.39, 0.29) is 5.60 Å². The van der Waals surface area contributed by atoms with Crippen LogP contribution >= 0.6 is 0 Å². The summed E-state index contributed by atoms with van der Waals surface area (Å²) in [7, 11) is 0. The van der Waals surface area contributed by atoms with Gasteiger partial charge in [-0.1, -0.05) is 12.2 Å². The molecule has 0 unspecified atom stereocenters. The first-order chi connectivity index (χ1) is 4.62. The minimum atomic E-state index is 0.0233. The molecular formula is C8H14O2. The first-order valence-electron chi connectivity index (χ1n) is 3.48. The zero-order valence-electron chi connectivity index (χ0n) is 6.64. The predicted octanol–water partition coefficient (Wildman–Crippen LogP) is 1.37. The Morgan fingerprint density at radius 2 is 2.40 bits per heavy atom. The number of hydrogen-bond donors (Lipinski definition) is 0. The van der Waals surface area contributed by atoms with Gasteiger partial charge in [-0.3, -0.25) is 0 Å². The van der Waals surface area contributed by atoms with Crippen LogP contribution in [0.25, 0.3) is 0 Å². The van der Waals surface area contributed by atoms with Crippen molar-refractivity contribution in [1.82, 2.24) is 0 Å². The van der Waals surface area contributed by atoms with E-state index in [4.69, 9.17) is 9.47 Å². The summed E-state index contributed by atoms with van der Waals surface area (Å²) in [5.74, 6) is 0. The van der Waals surface area contributed by atoms with Crippen LogP contribution in [0.5, 0.6) is 0 Å². The van der Waals surface area contributed by atoms with Crippen molar-refractivity contribution in [3.63, 3.8) is 0 Å². The molecule has 58 valence electrons. The van der Waals surface area contributed by atoms with Gasteiger partial charge in [0.2, 0.25) is 0 Å². The summed E-state index contributed by atoms with van der Waals surface area (Å²) in [6.45, 7) is 9.91. The molecule has 0 aromatic carbocycles. The predicted molar refractivity (Wildman–Crippen MR) is 40.0 cm³/mol. The molecule has 0 aromatic heterocycles. The van der Waals surface area contributed by atoms with Crippen molar-refractivity contribution in [3.05, 3.63) is 12.2 Å². The van der Waals surface area contributed by atoms with Gasteiger partial charge in [0.25, 0.3) is 0 Å². The molecular weight excluding hydrogens is 128 g/mol. The normalized spacial score (nSPS) is 30.2. The van der Waals surface area contributed by atoms with Gasteiger partial charge >= 0.3 is 0 Å². The van der Waals surface area contributed by atoms with Gasteiger partial charge in [-0.15, -0.1) is 0 Å². The van der Waals surface area contributed by atoms with E-state index in [9.17, 15) is 0 Å². The van der Waals surface area contributed by atoms with Crippen molar-refractivity contribution in [2.45, 2.75) is 19.4 Å². The molecule has 0 radical (unpaired) electrons. The van der Waals surface area contributed by atoms with Crippen molar-refractivity contribution < 1.29 is 9.47 Å². The van der Waals surface area contributed by atoms with Crippen LogP contribution in [0, 0.1) is 0 Å². The maximum Gasteiger partial charge on any atom is 0.112 e. The average Bonchev–Trinajstić information content (AvgIpc) is 2.47. The van der Waals surface area contributed by atoms with Crippen LogP contribution in [0.1, 0.15) is 13.8 Å². The maximum absolute atomic E-state index is 5.30. The Hall–Kier alpha value is -0.340. The van der Waals surface area contributed by atoms with Crippen LogP contribution in [-0.2, 0) is 9.47 Å². The largest absolute Gasteiger partial charge is 0.374 e. The summed E-state index contributed by atoms with van der Waals surface area (Å²) in [6.07, 6.45) is 0. The average molecular weight is 142 g/mol. The number of ether oxygens (including phenoxy) is 2. The van der Waals surface area contributed by atoms with Gasteiger partial charge in [0, 0.05) is 0 Å². The Morgan fingerprint density at radius 1 is 1.80 bits per heavy atom. The van der Waals surface area contributed by atoms with E-state index >= 15 is 0 Å². The van der Waals surface area contributed by atoms with Gasteiger partial charge in [-0.2, -0.15) is 0 Å². The van der Waals surface area contributed by atoms with Crippen LogP contribution in [0.2, 0.25) is 0 Å². The first-order valence-corrected chi connectivity index (χ1v) is 3.48. The highest BCUT2D eigenvalue weighted by molar-refractivity contribution is 4.90. The fraction of sp³-hybridized carbons (Fsp3) is 0.750. The molecule has 0 saturated carbocycles. The molecule has 1 heterocycles. The Kier molecular flexibility index (Phi) is 2.11. The highest BCUT2D eigenvalue weighted by atomic mass is 16.6. The zero-order valence-corrected chi connectivity index (χ0v) is 6.64. The summed E-state index contributed by atoms with van der Waals surface area (Å²) in [5, 5.41) is 0. The van der Waals surface area contributed by atoms with Crippen molar-refractivity contribution in [3.8, 4) is 0 Å². The minimum Gasteiger partial charge on any atom is -0.374 e. The maximum atomic E-state index is 5.30. The van der Waals surface area contributed by atoms with Crippen molar-refractivity contribution >= 4 is 0 Å². The number of hydrogen-bond acceptors (Lipinski definition) is 2. The van der Waals surface area contributed by atoms with E-state index in [0.717, 1.165) is 12.2 Å². The molecule has 1 atom stereocenters. The summed E-state index contributed by atoms with van der Waals surface area (Å²) >= 11 is 0. The van der Waals surface area contributed by atoms with Gasteiger partial charge < -0.3 is 9.47 Å². The Balaban J connectivity index is 2.00. The minimum absolute atomic E-state index is 0.0233. The Morgan fingerprint density at radius 3 is 2.80 bits per heavy atom. The molecule has 0 amide bonds. The summed E-state index contributed by atoms with van der Waals surface area (Å²) in [5.41, 5.74) is 1.08. The second-order valence-electron chi connectivity index (χ2n) is 3.19. The standard InChI is InChI=1S/C8H14O2/c1-7(2)4-9-5-8(3)6-10-8/h1,4-6H2,2-3H3/t8-/m0/s1. The first kappa shape index (κ1) is 7.76.